The van der Waals surface area contributed by atoms with Gasteiger partial charge in [-0.1, -0.05) is 18.2 Å². The molecule has 1 heterocycles. The van der Waals surface area contributed by atoms with Crippen LogP contribution in [-0.2, 0) is 0 Å². The maximum Gasteiger partial charge on any atom is 0.277 e. The second-order valence-corrected chi connectivity index (χ2v) is 3.57. The van der Waals surface area contributed by atoms with Crippen LogP contribution < -0.4 is 5.32 Å². The van der Waals surface area contributed by atoms with Crippen molar-refractivity contribution in [2.45, 2.75) is 19.4 Å². The van der Waals surface area contributed by atoms with Crippen LogP contribution in [0, 0.1) is 17.0 Å². The average molecular weight is 192 g/mol. The molecule has 1 unspecified atom stereocenters. The van der Waals surface area contributed by atoms with Gasteiger partial charge in [0.1, 0.15) is 0 Å². The molecule has 0 bridgehead atoms. The maximum atomic E-state index is 10.9. The van der Waals surface area contributed by atoms with Gasteiger partial charge in [-0.2, -0.15) is 0 Å². The van der Waals surface area contributed by atoms with Gasteiger partial charge < -0.3 is 5.32 Å². The molecule has 0 aliphatic carbocycles. The summed E-state index contributed by atoms with van der Waals surface area (Å²) in [5, 5.41) is 14.0. The largest absolute Gasteiger partial charge is 0.310 e. The summed E-state index contributed by atoms with van der Waals surface area (Å²) in [7, 11) is 0. The summed E-state index contributed by atoms with van der Waals surface area (Å²) in [4.78, 5) is 10.6. The molecule has 1 saturated heterocycles. The first-order chi connectivity index (χ1) is 6.70. The lowest BCUT2D eigenvalue weighted by molar-refractivity contribution is -0.386. The number of nitrogens with one attached hydrogen (secondary N) is 1. The first-order valence-electron chi connectivity index (χ1n) is 4.67. The van der Waals surface area contributed by atoms with E-state index >= 15 is 0 Å². The summed E-state index contributed by atoms with van der Waals surface area (Å²) in [5.74, 6) is 0. The zero-order valence-corrected chi connectivity index (χ0v) is 7.99. The minimum Gasteiger partial charge on any atom is -0.310 e. The van der Waals surface area contributed by atoms with E-state index in [1.807, 2.05) is 12.1 Å². The van der Waals surface area contributed by atoms with Crippen LogP contribution in [0.5, 0.6) is 0 Å². The number of benzene rings is 1. The fourth-order valence-electron chi connectivity index (χ4n) is 1.77. The van der Waals surface area contributed by atoms with Gasteiger partial charge in [0.2, 0.25) is 0 Å². The molecular formula is C10H12N2O2. The van der Waals surface area contributed by atoms with E-state index in [0.717, 1.165) is 24.1 Å². The molecule has 1 fully saturated rings. The van der Waals surface area contributed by atoms with Crippen LogP contribution in [-0.4, -0.2) is 11.5 Å². The van der Waals surface area contributed by atoms with Gasteiger partial charge in [-0.05, 0) is 19.9 Å². The number of nitrogens with zero attached hydrogens (tertiary/aromatic N) is 1. The molecule has 14 heavy (non-hydrogen) atoms. The number of hydrogen-bond donors (Lipinski definition) is 1. The summed E-state index contributed by atoms with van der Waals surface area (Å²) >= 11 is 0. The Balaban J connectivity index is 2.46. The lowest BCUT2D eigenvalue weighted by Crippen LogP contribution is -2.35. The Kier molecular flexibility index (Phi) is 2.21. The molecule has 1 N–H and O–H groups in total. The molecule has 1 aromatic carbocycles. The van der Waals surface area contributed by atoms with E-state index < -0.39 is 0 Å². The second-order valence-electron chi connectivity index (χ2n) is 3.57. The maximum absolute atomic E-state index is 10.9. The van der Waals surface area contributed by atoms with E-state index in [-0.39, 0.29) is 16.7 Å². The molecule has 0 saturated carbocycles. The van der Waals surface area contributed by atoms with Gasteiger partial charge in [-0.15, -0.1) is 0 Å². The van der Waals surface area contributed by atoms with Crippen molar-refractivity contribution in [3.63, 3.8) is 0 Å². The van der Waals surface area contributed by atoms with Crippen molar-refractivity contribution in [2.24, 2.45) is 0 Å². The fraction of sp³-hybridized carbons (Fsp3) is 0.400. The van der Waals surface area contributed by atoms with Crippen molar-refractivity contribution >= 4 is 5.69 Å². The Morgan fingerprint density at radius 3 is 2.79 bits per heavy atom. The van der Waals surface area contributed by atoms with Gasteiger partial charge in [0, 0.05) is 17.2 Å². The van der Waals surface area contributed by atoms with E-state index in [1.165, 1.54) is 0 Å². The molecule has 2 rings (SSSR count). The van der Waals surface area contributed by atoms with E-state index in [4.69, 9.17) is 0 Å². The van der Waals surface area contributed by atoms with E-state index in [9.17, 15) is 10.1 Å². The van der Waals surface area contributed by atoms with E-state index in [2.05, 4.69) is 5.32 Å². The summed E-state index contributed by atoms with van der Waals surface area (Å²) in [5.41, 5.74) is 1.83. The quantitative estimate of drug-likeness (QED) is 0.575. The van der Waals surface area contributed by atoms with Gasteiger partial charge >= 0.3 is 0 Å². The molecule has 1 aliphatic rings. The van der Waals surface area contributed by atoms with Crippen molar-refractivity contribution in [1.29, 1.82) is 0 Å². The lowest BCUT2D eigenvalue weighted by atomic mass is 9.94. The van der Waals surface area contributed by atoms with Crippen molar-refractivity contribution < 1.29 is 4.92 Å². The third-order valence-electron chi connectivity index (χ3n) is 2.65. The topological polar surface area (TPSA) is 55.2 Å². The standard InChI is InChI=1S/C10H12N2O2/c1-7-3-2-4-8(9-5-6-11-9)10(7)12(13)14/h2-4,9,11H,5-6H2,1H3. The Morgan fingerprint density at radius 2 is 2.29 bits per heavy atom. The zero-order valence-electron chi connectivity index (χ0n) is 7.99. The number of rotatable bonds is 2. The molecule has 0 spiro atoms. The molecule has 74 valence electrons. The Hall–Kier alpha value is -1.42. The van der Waals surface area contributed by atoms with Crippen LogP contribution in [0.1, 0.15) is 23.6 Å². The molecule has 1 aromatic rings. The molecule has 1 aliphatic heterocycles. The van der Waals surface area contributed by atoms with Gasteiger partial charge in [0.15, 0.2) is 0 Å². The van der Waals surface area contributed by atoms with Crippen LogP contribution in [0.25, 0.3) is 0 Å². The Morgan fingerprint density at radius 1 is 1.57 bits per heavy atom. The summed E-state index contributed by atoms with van der Waals surface area (Å²) in [6.45, 7) is 2.73. The number of aryl methyl sites for hydroxylation is 1. The smallest absolute Gasteiger partial charge is 0.277 e. The van der Waals surface area contributed by atoms with Gasteiger partial charge in [0.25, 0.3) is 5.69 Å². The molecule has 0 aromatic heterocycles. The fourth-order valence-corrected chi connectivity index (χ4v) is 1.77. The normalized spacial score (nSPS) is 20.2. The van der Waals surface area contributed by atoms with Crippen LogP contribution in [0.3, 0.4) is 0 Å². The molecular weight excluding hydrogens is 180 g/mol. The molecule has 1 atom stereocenters. The molecule has 4 heteroatoms. The molecule has 0 amide bonds. The molecule has 4 nitrogen and oxygen atoms in total. The number of nitro groups is 1. The molecule has 0 radical (unpaired) electrons. The van der Waals surface area contributed by atoms with Crippen molar-refractivity contribution in [3.05, 3.63) is 39.4 Å². The van der Waals surface area contributed by atoms with Gasteiger partial charge in [0.05, 0.1) is 4.92 Å². The third kappa shape index (κ3) is 1.37. The van der Waals surface area contributed by atoms with Crippen molar-refractivity contribution in [1.82, 2.24) is 5.32 Å². The number of hydrogen-bond acceptors (Lipinski definition) is 3. The highest BCUT2D eigenvalue weighted by Gasteiger charge is 2.27. The van der Waals surface area contributed by atoms with Crippen LogP contribution in [0.2, 0.25) is 0 Å². The summed E-state index contributed by atoms with van der Waals surface area (Å²) < 4.78 is 0. The summed E-state index contributed by atoms with van der Waals surface area (Å²) in [6.07, 6.45) is 0.990. The Labute approximate surface area is 82.1 Å². The van der Waals surface area contributed by atoms with Crippen LogP contribution in [0.4, 0.5) is 5.69 Å². The minimum atomic E-state index is -0.287. The third-order valence-corrected chi connectivity index (χ3v) is 2.65. The van der Waals surface area contributed by atoms with Gasteiger partial charge in [-0.3, -0.25) is 10.1 Å². The van der Waals surface area contributed by atoms with Crippen LogP contribution >= 0.6 is 0 Å². The monoisotopic (exact) mass is 192 g/mol. The number of para-hydroxylation sites is 1. The highest BCUT2D eigenvalue weighted by molar-refractivity contribution is 5.49. The predicted molar refractivity (Wildman–Crippen MR) is 53.2 cm³/mol. The van der Waals surface area contributed by atoms with Crippen LogP contribution in [0.15, 0.2) is 18.2 Å². The predicted octanol–water partition coefficient (Wildman–Crippen LogP) is 1.94. The lowest BCUT2D eigenvalue weighted by Gasteiger charge is -2.27. The van der Waals surface area contributed by atoms with E-state index in [1.54, 1.807) is 13.0 Å². The van der Waals surface area contributed by atoms with Gasteiger partial charge in [-0.25, -0.2) is 0 Å². The second kappa shape index (κ2) is 3.38. The first kappa shape index (κ1) is 9.15. The zero-order chi connectivity index (χ0) is 10.1. The Bertz CT molecular complexity index is 372. The first-order valence-corrected chi connectivity index (χ1v) is 4.67. The SMILES string of the molecule is Cc1cccc(C2CCN2)c1[N+](=O)[O-]. The van der Waals surface area contributed by atoms with E-state index in [0.29, 0.717) is 0 Å². The number of nitro benzene ring substituents is 1. The minimum absolute atomic E-state index is 0.176. The highest BCUT2D eigenvalue weighted by Crippen LogP contribution is 2.32. The van der Waals surface area contributed by atoms with Crippen molar-refractivity contribution in [3.8, 4) is 0 Å². The highest BCUT2D eigenvalue weighted by atomic mass is 16.6. The average Bonchev–Trinajstić information content (AvgIpc) is 1.99. The van der Waals surface area contributed by atoms with Crippen molar-refractivity contribution in [2.75, 3.05) is 6.54 Å². The summed E-state index contributed by atoms with van der Waals surface area (Å²) in [6, 6.07) is 5.66.